The molecule has 0 fully saturated rings. The summed E-state index contributed by atoms with van der Waals surface area (Å²) in [5.41, 5.74) is 8.66. The van der Waals surface area contributed by atoms with Gasteiger partial charge < -0.3 is 15.2 Å². The van der Waals surface area contributed by atoms with Crippen LogP contribution in [0, 0.1) is 11.3 Å². The molecule has 0 saturated heterocycles. The third kappa shape index (κ3) is 5.48. The van der Waals surface area contributed by atoms with Crippen LogP contribution in [0.3, 0.4) is 0 Å². The Bertz CT molecular complexity index is 1230. The van der Waals surface area contributed by atoms with Gasteiger partial charge in [-0.3, -0.25) is 14.6 Å². The number of rotatable bonds is 9. The van der Waals surface area contributed by atoms with Crippen molar-refractivity contribution in [2.75, 3.05) is 18.6 Å². The predicted octanol–water partition coefficient (Wildman–Crippen LogP) is 2.02. The van der Waals surface area contributed by atoms with Gasteiger partial charge in [-0.2, -0.15) is 10.4 Å². The minimum absolute atomic E-state index is 0.0792. The molecule has 2 aromatic carbocycles. The third-order valence-electron chi connectivity index (χ3n) is 4.10. The molecule has 0 bridgehead atoms. The number of ether oxygens (including phenoxy) is 2. The number of carbonyl (C=O) groups is 1. The summed E-state index contributed by atoms with van der Waals surface area (Å²) in [7, 11) is 0. The van der Waals surface area contributed by atoms with Crippen LogP contribution < -0.4 is 26.2 Å². The molecule has 0 aliphatic rings. The van der Waals surface area contributed by atoms with Crippen LogP contribution in [0.2, 0.25) is 0 Å². The number of nitrogens with one attached hydrogen (secondary N) is 2. The zero-order chi connectivity index (χ0) is 22.9. The highest BCUT2D eigenvalue weighted by molar-refractivity contribution is 5.81. The van der Waals surface area contributed by atoms with E-state index in [1.807, 2.05) is 19.1 Å². The van der Waals surface area contributed by atoms with Crippen molar-refractivity contribution >= 4 is 18.1 Å². The van der Waals surface area contributed by atoms with Gasteiger partial charge >= 0.3 is 0 Å². The third-order valence-corrected chi connectivity index (χ3v) is 4.10. The second kappa shape index (κ2) is 10.4. The summed E-state index contributed by atoms with van der Waals surface area (Å²) in [6.45, 7) is 1.94. The Morgan fingerprint density at radius 1 is 1.25 bits per heavy atom. The molecule has 0 unspecified atom stereocenters. The number of carbonyl (C=O) groups excluding carboxylic acids is 1. The summed E-state index contributed by atoms with van der Waals surface area (Å²) in [5.74, 6) is 0.284. The fourth-order valence-electron chi connectivity index (χ4n) is 2.74. The van der Waals surface area contributed by atoms with Gasteiger partial charge in [0.05, 0.1) is 18.5 Å². The zero-order valence-corrected chi connectivity index (χ0v) is 17.2. The summed E-state index contributed by atoms with van der Waals surface area (Å²) in [6, 6.07) is 15.8. The molecule has 1 aromatic heterocycles. The number of hydrazone groups is 1. The number of aromatic nitrogens is 2. The Morgan fingerprint density at radius 3 is 2.72 bits per heavy atom. The van der Waals surface area contributed by atoms with Crippen molar-refractivity contribution in [3.63, 3.8) is 0 Å². The molecule has 3 rings (SSSR count). The number of hydrogen-bond donors (Lipinski definition) is 3. The molecule has 0 saturated carbocycles. The molecular weight excluding hydrogens is 412 g/mol. The van der Waals surface area contributed by atoms with Gasteiger partial charge in [-0.15, -0.1) is 0 Å². The van der Waals surface area contributed by atoms with Gasteiger partial charge in [0, 0.05) is 5.56 Å². The largest absolute Gasteiger partial charge is 0.490 e. The standard InChI is InChI=1S/C22H20N6O4/c1-2-31-18-10-14(8-9-17(18)32-13-19(24)29)12-25-28-22-26-20(15-6-4-3-5-7-15)16(11-23)21(30)27-22/h3-10,12H,2,13H2,1H3,(H2,24,29)(H2,26,27,28,30). The smallest absolute Gasteiger partial charge is 0.270 e. The van der Waals surface area contributed by atoms with E-state index in [1.165, 1.54) is 6.21 Å². The molecule has 4 N–H and O–H groups in total. The van der Waals surface area contributed by atoms with E-state index in [-0.39, 0.29) is 23.8 Å². The number of nitrogens with two attached hydrogens (primary N) is 1. The zero-order valence-electron chi connectivity index (χ0n) is 17.2. The maximum absolute atomic E-state index is 12.3. The van der Waals surface area contributed by atoms with Crippen LogP contribution in [0.5, 0.6) is 11.5 Å². The van der Waals surface area contributed by atoms with Crippen molar-refractivity contribution in [1.29, 1.82) is 5.26 Å². The molecule has 0 aliphatic carbocycles. The maximum atomic E-state index is 12.3. The number of anilines is 1. The van der Waals surface area contributed by atoms with E-state index in [0.29, 0.717) is 29.2 Å². The highest BCUT2D eigenvalue weighted by Crippen LogP contribution is 2.28. The first-order valence-electron chi connectivity index (χ1n) is 9.58. The molecule has 162 valence electrons. The van der Waals surface area contributed by atoms with Crippen LogP contribution in [-0.2, 0) is 4.79 Å². The molecule has 10 heteroatoms. The number of benzene rings is 2. The van der Waals surface area contributed by atoms with Crippen molar-refractivity contribution < 1.29 is 14.3 Å². The first-order chi connectivity index (χ1) is 15.5. The molecule has 10 nitrogen and oxygen atoms in total. The molecule has 0 aliphatic heterocycles. The van der Waals surface area contributed by atoms with E-state index >= 15 is 0 Å². The highest BCUT2D eigenvalue weighted by Gasteiger charge is 2.13. The molecule has 1 amide bonds. The first-order valence-corrected chi connectivity index (χ1v) is 9.58. The van der Waals surface area contributed by atoms with E-state index in [0.717, 1.165) is 0 Å². The van der Waals surface area contributed by atoms with E-state index in [1.54, 1.807) is 42.5 Å². The number of H-pyrrole nitrogens is 1. The van der Waals surface area contributed by atoms with Gasteiger partial charge in [0.2, 0.25) is 5.95 Å². The fraction of sp³-hybridized carbons (Fsp3) is 0.136. The van der Waals surface area contributed by atoms with Gasteiger partial charge in [-0.05, 0) is 30.7 Å². The number of nitriles is 1. The highest BCUT2D eigenvalue weighted by atomic mass is 16.5. The van der Waals surface area contributed by atoms with Gasteiger partial charge in [0.25, 0.3) is 11.5 Å². The molecule has 0 spiro atoms. The average molecular weight is 432 g/mol. The Balaban J connectivity index is 1.82. The van der Waals surface area contributed by atoms with Gasteiger partial charge in [-0.1, -0.05) is 30.3 Å². The van der Waals surface area contributed by atoms with Gasteiger partial charge in [-0.25, -0.2) is 10.4 Å². The lowest BCUT2D eigenvalue weighted by Crippen LogP contribution is -2.20. The van der Waals surface area contributed by atoms with Crippen LogP contribution in [-0.4, -0.2) is 35.3 Å². The van der Waals surface area contributed by atoms with E-state index in [4.69, 9.17) is 15.2 Å². The van der Waals surface area contributed by atoms with Crippen molar-refractivity contribution in [3.05, 3.63) is 70.0 Å². The van der Waals surface area contributed by atoms with Crippen molar-refractivity contribution in [2.24, 2.45) is 10.8 Å². The van der Waals surface area contributed by atoms with Crippen molar-refractivity contribution in [2.45, 2.75) is 6.92 Å². The van der Waals surface area contributed by atoms with Crippen molar-refractivity contribution in [3.8, 4) is 28.8 Å². The number of amides is 1. The Labute approximate surface area is 183 Å². The second-order valence-corrected chi connectivity index (χ2v) is 6.38. The molecule has 32 heavy (non-hydrogen) atoms. The number of nitrogens with zero attached hydrogens (tertiary/aromatic N) is 3. The minimum atomic E-state index is -0.596. The molecule has 0 atom stereocenters. The maximum Gasteiger partial charge on any atom is 0.270 e. The van der Waals surface area contributed by atoms with Crippen LogP contribution in [0.4, 0.5) is 5.95 Å². The monoisotopic (exact) mass is 432 g/mol. The Morgan fingerprint density at radius 2 is 2.03 bits per heavy atom. The lowest BCUT2D eigenvalue weighted by molar-refractivity contribution is -0.119. The van der Waals surface area contributed by atoms with Crippen LogP contribution >= 0.6 is 0 Å². The second-order valence-electron chi connectivity index (χ2n) is 6.38. The van der Waals surface area contributed by atoms with E-state index < -0.39 is 11.5 Å². The molecular formula is C22H20N6O4. The van der Waals surface area contributed by atoms with Crippen LogP contribution in [0.25, 0.3) is 11.3 Å². The van der Waals surface area contributed by atoms with E-state index in [2.05, 4.69) is 20.5 Å². The SMILES string of the molecule is CCOc1cc(C=NNc2nc(-c3ccccc3)c(C#N)c(=O)[nH]2)ccc1OCC(N)=O. The first kappa shape index (κ1) is 22.0. The van der Waals surface area contributed by atoms with Gasteiger partial charge in [0.15, 0.2) is 18.1 Å². The molecule has 1 heterocycles. The normalized spacial score (nSPS) is 10.5. The quantitative estimate of drug-likeness (QED) is 0.345. The number of primary amides is 1. The summed E-state index contributed by atoms with van der Waals surface area (Å²) in [6.07, 6.45) is 1.49. The molecule has 3 aromatic rings. The minimum Gasteiger partial charge on any atom is -0.490 e. The van der Waals surface area contributed by atoms with Gasteiger partial charge in [0.1, 0.15) is 11.6 Å². The lowest BCUT2D eigenvalue weighted by Gasteiger charge is -2.11. The molecule has 0 radical (unpaired) electrons. The van der Waals surface area contributed by atoms with Crippen LogP contribution in [0.15, 0.2) is 58.4 Å². The van der Waals surface area contributed by atoms with Crippen LogP contribution in [0.1, 0.15) is 18.1 Å². The topological polar surface area (TPSA) is 155 Å². The lowest BCUT2D eigenvalue weighted by atomic mass is 10.1. The fourth-order valence-corrected chi connectivity index (χ4v) is 2.74. The predicted molar refractivity (Wildman–Crippen MR) is 119 cm³/mol. The Hall–Kier alpha value is -4.65. The average Bonchev–Trinajstić information content (AvgIpc) is 2.79. The Kier molecular flexibility index (Phi) is 7.16. The summed E-state index contributed by atoms with van der Waals surface area (Å²) in [4.78, 5) is 30.0. The van der Waals surface area contributed by atoms with Crippen molar-refractivity contribution in [1.82, 2.24) is 9.97 Å². The summed E-state index contributed by atoms with van der Waals surface area (Å²) >= 11 is 0. The summed E-state index contributed by atoms with van der Waals surface area (Å²) in [5, 5.41) is 13.4. The number of hydrogen-bond acceptors (Lipinski definition) is 8. The number of aromatic amines is 1. The summed E-state index contributed by atoms with van der Waals surface area (Å²) < 4.78 is 10.9. The van der Waals surface area contributed by atoms with E-state index in [9.17, 15) is 14.9 Å².